The Morgan fingerprint density at radius 3 is 2.44 bits per heavy atom. The minimum Gasteiger partial charge on any atom is -0.380 e. The van der Waals surface area contributed by atoms with Crippen molar-refractivity contribution in [2.75, 3.05) is 11.9 Å². The third-order valence-corrected chi connectivity index (χ3v) is 3.52. The molecule has 4 nitrogen and oxygen atoms in total. The second-order valence-corrected chi connectivity index (χ2v) is 6.21. The highest BCUT2D eigenvalue weighted by Crippen LogP contribution is 2.28. The molecule has 1 aromatic rings. The molecule has 0 aromatic heterocycles. The fourth-order valence-electron chi connectivity index (χ4n) is 1.60. The SMILES string of the molecule is CC(C)(C)C(CN)Nc1ccc(C(N)=O)cc1Br. The van der Waals surface area contributed by atoms with Gasteiger partial charge in [-0.25, -0.2) is 0 Å². The van der Waals surface area contributed by atoms with E-state index in [-0.39, 0.29) is 11.5 Å². The highest BCUT2D eigenvalue weighted by molar-refractivity contribution is 9.10. The van der Waals surface area contributed by atoms with Crippen molar-refractivity contribution in [1.82, 2.24) is 0 Å². The number of halogens is 1. The van der Waals surface area contributed by atoms with Crippen molar-refractivity contribution in [2.45, 2.75) is 26.8 Å². The molecule has 1 unspecified atom stereocenters. The summed E-state index contributed by atoms with van der Waals surface area (Å²) in [5, 5.41) is 3.38. The van der Waals surface area contributed by atoms with Gasteiger partial charge in [-0.2, -0.15) is 0 Å². The lowest BCUT2D eigenvalue weighted by Crippen LogP contribution is -2.40. The summed E-state index contributed by atoms with van der Waals surface area (Å²) >= 11 is 3.43. The van der Waals surface area contributed by atoms with Crippen LogP contribution >= 0.6 is 15.9 Å². The molecular weight excluding hydrogens is 294 g/mol. The number of hydrogen-bond donors (Lipinski definition) is 3. The fourth-order valence-corrected chi connectivity index (χ4v) is 2.10. The van der Waals surface area contributed by atoms with Crippen LogP contribution in [-0.4, -0.2) is 18.5 Å². The first kappa shape index (κ1) is 15.0. The van der Waals surface area contributed by atoms with E-state index in [1.807, 2.05) is 6.07 Å². The Labute approximate surface area is 116 Å². The van der Waals surface area contributed by atoms with Crippen molar-refractivity contribution >= 4 is 27.5 Å². The quantitative estimate of drug-likeness (QED) is 0.798. The normalized spacial score (nSPS) is 13.2. The van der Waals surface area contributed by atoms with Crippen LogP contribution in [0, 0.1) is 5.41 Å². The Morgan fingerprint density at radius 1 is 1.44 bits per heavy atom. The number of amides is 1. The molecule has 0 saturated heterocycles. The van der Waals surface area contributed by atoms with Gasteiger partial charge in [-0.15, -0.1) is 0 Å². The Balaban J connectivity index is 2.95. The van der Waals surface area contributed by atoms with Gasteiger partial charge >= 0.3 is 0 Å². The number of benzene rings is 1. The van der Waals surface area contributed by atoms with Crippen LogP contribution in [0.25, 0.3) is 0 Å². The number of nitrogens with one attached hydrogen (secondary N) is 1. The molecule has 0 saturated carbocycles. The molecule has 0 heterocycles. The molecule has 0 aliphatic rings. The topological polar surface area (TPSA) is 81.1 Å². The molecule has 1 atom stereocenters. The van der Waals surface area contributed by atoms with Gasteiger partial charge in [0.2, 0.25) is 5.91 Å². The third-order valence-electron chi connectivity index (χ3n) is 2.86. The Morgan fingerprint density at radius 2 is 2.06 bits per heavy atom. The van der Waals surface area contributed by atoms with Gasteiger partial charge in [-0.3, -0.25) is 4.79 Å². The van der Waals surface area contributed by atoms with Gasteiger partial charge < -0.3 is 16.8 Å². The maximum atomic E-state index is 11.1. The van der Waals surface area contributed by atoms with E-state index in [1.165, 1.54) is 0 Å². The number of primary amides is 1. The average Bonchev–Trinajstić information content (AvgIpc) is 2.25. The Hall–Kier alpha value is -1.07. The van der Waals surface area contributed by atoms with Crippen molar-refractivity contribution in [3.8, 4) is 0 Å². The predicted molar refractivity (Wildman–Crippen MR) is 78.6 cm³/mol. The van der Waals surface area contributed by atoms with Crippen LogP contribution in [0.15, 0.2) is 22.7 Å². The monoisotopic (exact) mass is 313 g/mol. The van der Waals surface area contributed by atoms with Gasteiger partial charge in [0.1, 0.15) is 0 Å². The molecule has 1 aromatic carbocycles. The molecule has 1 amide bonds. The smallest absolute Gasteiger partial charge is 0.248 e. The molecule has 0 fully saturated rings. The fraction of sp³-hybridized carbons (Fsp3) is 0.462. The highest BCUT2D eigenvalue weighted by Gasteiger charge is 2.23. The number of carbonyl (C=O) groups is 1. The third kappa shape index (κ3) is 3.71. The number of anilines is 1. The van der Waals surface area contributed by atoms with E-state index in [4.69, 9.17) is 11.5 Å². The zero-order valence-electron chi connectivity index (χ0n) is 11.0. The maximum absolute atomic E-state index is 11.1. The first-order valence-electron chi connectivity index (χ1n) is 5.81. The van der Waals surface area contributed by atoms with Gasteiger partial charge in [-0.05, 0) is 39.5 Å². The summed E-state index contributed by atoms with van der Waals surface area (Å²) in [6, 6.07) is 5.39. The van der Waals surface area contributed by atoms with E-state index in [0.717, 1.165) is 10.2 Å². The standard InChI is InChI=1S/C13H20BrN3O/c1-13(2,3)11(7-15)17-10-5-4-8(12(16)18)6-9(10)14/h4-6,11,17H,7,15H2,1-3H3,(H2,16,18). The Kier molecular flexibility index (Phi) is 4.76. The summed E-state index contributed by atoms with van der Waals surface area (Å²) in [6.07, 6.45) is 0. The van der Waals surface area contributed by atoms with Crippen LogP contribution in [0.3, 0.4) is 0 Å². The van der Waals surface area contributed by atoms with Crippen LogP contribution < -0.4 is 16.8 Å². The largest absolute Gasteiger partial charge is 0.380 e. The summed E-state index contributed by atoms with van der Waals surface area (Å²) in [4.78, 5) is 11.1. The maximum Gasteiger partial charge on any atom is 0.248 e. The molecule has 18 heavy (non-hydrogen) atoms. The molecule has 5 N–H and O–H groups in total. The van der Waals surface area contributed by atoms with Crippen molar-refractivity contribution in [1.29, 1.82) is 0 Å². The summed E-state index contributed by atoms with van der Waals surface area (Å²) in [5.74, 6) is -0.437. The molecule has 1 rings (SSSR count). The first-order chi connectivity index (χ1) is 8.25. The first-order valence-corrected chi connectivity index (χ1v) is 6.61. The number of nitrogens with two attached hydrogens (primary N) is 2. The van der Waals surface area contributed by atoms with Gasteiger partial charge in [0.25, 0.3) is 0 Å². The number of hydrogen-bond acceptors (Lipinski definition) is 3. The van der Waals surface area contributed by atoms with E-state index in [1.54, 1.807) is 12.1 Å². The Bertz CT molecular complexity index is 440. The van der Waals surface area contributed by atoms with Crippen molar-refractivity contribution < 1.29 is 4.79 Å². The van der Waals surface area contributed by atoms with E-state index in [9.17, 15) is 4.79 Å². The average molecular weight is 314 g/mol. The predicted octanol–water partition coefficient (Wildman–Crippen LogP) is 2.33. The molecule has 5 heteroatoms. The lowest BCUT2D eigenvalue weighted by atomic mass is 9.86. The number of rotatable bonds is 4. The van der Waals surface area contributed by atoms with Crippen molar-refractivity contribution in [3.63, 3.8) is 0 Å². The molecule has 0 spiro atoms. The molecule has 100 valence electrons. The van der Waals surface area contributed by atoms with Crippen LogP contribution in [0.4, 0.5) is 5.69 Å². The van der Waals surface area contributed by atoms with E-state index in [2.05, 4.69) is 42.0 Å². The second-order valence-electron chi connectivity index (χ2n) is 5.36. The molecule has 0 aliphatic carbocycles. The molecular formula is C13H20BrN3O. The van der Waals surface area contributed by atoms with Crippen LogP contribution in [0.1, 0.15) is 31.1 Å². The summed E-state index contributed by atoms with van der Waals surface area (Å²) in [6.45, 7) is 6.92. The lowest BCUT2D eigenvalue weighted by Gasteiger charge is -2.31. The highest BCUT2D eigenvalue weighted by atomic mass is 79.9. The van der Waals surface area contributed by atoms with Crippen LogP contribution in [0.2, 0.25) is 0 Å². The number of carbonyl (C=O) groups excluding carboxylic acids is 1. The molecule has 0 aliphatic heterocycles. The van der Waals surface area contributed by atoms with Crippen LogP contribution in [-0.2, 0) is 0 Å². The van der Waals surface area contributed by atoms with E-state index < -0.39 is 5.91 Å². The molecule has 0 radical (unpaired) electrons. The van der Waals surface area contributed by atoms with E-state index in [0.29, 0.717) is 12.1 Å². The van der Waals surface area contributed by atoms with E-state index >= 15 is 0 Å². The van der Waals surface area contributed by atoms with Crippen molar-refractivity contribution in [3.05, 3.63) is 28.2 Å². The van der Waals surface area contributed by atoms with Gasteiger partial charge in [-0.1, -0.05) is 20.8 Å². The lowest BCUT2D eigenvalue weighted by molar-refractivity contribution is 0.100. The summed E-state index contributed by atoms with van der Waals surface area (Å²) < 4.78 is 0.807. The van der Waals surface area contributed by atoms with Gasteiger partial charge in [0.05, 0.1) is 0 Å². The van der Waals surface area contributed by atoms with Gasteiger partial charge in [0.15, 0.2) is 0 Å². The molecule has 0 bridgehead atoms. The minimum atomic E-state index is -0.437. The van der Waals surface area contributed by atoms with Crippen molar-refractivity contribution in [2.24, 2.45) is 16.9 Å². The van der Waals surface area contributed by atoms with Crippen LogP contribution in [0.5, 0.6) is 0 Å². The summed E-state index contributed by atoms with van der Waals surface area (Å²) in [7, 11) is 0. The second kappa shape index (κ2) is 5.71. The van der Waals surface area contributed by atoms with Gasteiger partial charge in [0, 0.05) is 28.3 Å². The summed E-state index contributed by atoms with van der Waals surface area (Å²) in [5.41, 5.74) is 12.5. The minimum absolute atomic E-state index is 0.0521. The zero-order valence-corrected chi connectivity index (χ0v) is 12.5. The zero-order chi connectivity index (χ0) is 13.9.